The van der Waals surface area contributed by atoms with Crippen molar-refractivity contribution in [3.8, 4) is 17.2 Å². The van der Waals surface area contributed by atoms with Crippen LogP contribution in [0.4, 0.5) is 0 Å². The summed E-state index contributed by atoms with van der Waals surface area (Å²) in [5, 5.41) is 9.20. The van der Waals surface area contributed by atoms with Crippen LogP contribution in [0.3, 0.4) is 0 Å². The first kappa shape index (κ1) is 8.36. The van der Waals surface area contributed by atoms with Crippen LogP contribution in [0.25, 0.3) is 0 Å². The summed E-state index contributed by atoms with van der Waals surface area (Å²) < 4.78 is 13.0. The van der Waals surface area contributed by atoms with Gasteiger partial charge < -0.3 is 9.84 Å². The van der Waals surface area contributed by atoms with E-state index < -0.39 is 0 Å². The van der Waals surface area contributed by atoms with Gasteiger partial charge in [-0.2, -0.15) is 0 Å². The summed E-state index contributed by atoms with van der Waals surface area (Å²) in [5.41, 5.74) is 1.17. The number of rotatable bonds is 2. The highest BCUT2D eigenvalue weighted by molar-refractivity contribution is 5.35. The van der Waals surface area contributed by atoms with Crippen LogP contribution >= 0.6 is 0 Å². The zero-order chi connectivity index (χ0) is 11.5. The molecule has 0 amide bonds. The highest BCUT2D eigenvalue weighted by Gasteiger charge is 1.96. The summed E-state index contributed by atoms with van der Waals surface area (Å²) in [7, 11) is 0. The quantitative estimate of drug-likeness (QED) is 0.805. The minimum atomic E-state index is -0.0451. The normalized spacial score (nSPS) is 10.9. The van der Waals surface area contributed by atoms with Crippen LogP contribution in [-0.4, -0.2) is 5.11 Å². The first-order chi connectivity index (χ1) is 7.65. The second-order valence-corrected chi connectivity index (χ2v) is 3.32. The standard InChI is InChI=1S/C13H12O2/c1-10-2-6-12(7-3-10)15-13-8-4-11(14)5-9-13/h2-9,14H,1H3/i4D. The first-order valence-corrected chi connectivity index (χ1v) is 4.69. The van der Waals surface area contributed by atoms with Crippen molar-refractivity contribution in [1.82, 2.24) is 0 Å². The van der Waals surface area contributed by atoms with E-state index in [2.05, 4.69) is 0 Å². The monoisotopic (exact) mass is 201 g/mol. The molecule has 0 heterocycles. The molecule has 2 aromatic carbocycles. The van der Waals surface area contributed by atoms with Gasteiger partial charge in [-0.25, -0.2) is 0 Å². The van der Waals surface area contributed by atoms with E-state index in [1.54, 1.807) is 6.07 Å². The Morgan fingerprint density at radius 1 is 1.00 bits per heavy atom. The van der Waals surface area contributed by atoms with Crippen molar-refractivity contribution in [3.63, 3.8) is 0 Å². The smallest absolute Gasteiger partial charge is 0.127 e. The second-order valence-electron chi connectivity index (χ2n) is 3.32. The SMILES string of the molecule is [2H]c1cc(Oc2ccc(C)cc2)ccc1O. The van der Waals surface area contributed by atoms with Crippen LogP contribution in [0.1, 0.15) is 6.93 Å². The third kappa shape index (κ3) is 2.50. The molecule has 2 heteroatoms. The van der Waals surface area contributed by atoms with Crippen molar-refractivity contribution in [2.75, 3.05) is 0 Å². The Morgan fingerprint density at radius 3 is 2.27 bits per heavy atom. The van der Waals surface area contributed by atoms with E-state index in [9.17, 15) is 5.11 Å². The summed E-state index contributed by atoms with van der Waals surface area (Å²) >= 11 is 0. The van der Waals surface area contributed by atoms with Crippen molar-refractivity contribution in [3.05, 3.63) is 54.1 Å². The number of ether oxygens (including phenoxy) is 1. The lowest BCUT2D eigenvalue weighted by Crippen LogP contribution is -1.83. The molecule has 76 valence electrons. The maximum atomic E-state index is 9.20. The van der Waals surface area contributed by atoms with Gasteiger partial charge in [0.2, 0.25) is 0 Å². The van der Waals surface area contributed by atoms with Crippen LogP contribution in [0.5, 0.6) is 17.2 Å². The average molecular weight is 201 g/mol. The van der Waals surface area contributed by atoms with Gasteiger partial charge in [0.05, 0.1) is 1.37 Å². The van der Waals surface area contributed by atoms with Crippen molar-refractivity contribution < 1.29 is 11.2 Å². The molecule has 0 radical (unpaired) electrons. The largest absolute Gasteiger partial charge is 0.508 e. The van der Waals surface area contributed by atoms with Crippen LogP contribution in [0.2, 0.25) is 0 Å². The molecule has 0 bridgehead atoms. The highest BCUT2D eigenvalue weighted by Crippen LogP contribution is 2.23. The molecule has 0 saturated carbocycles. The van der Waals surface area contributed by atoms with Crippen molar-refractivity contribution in [2.24, 2.45) is 0 Å². The molecule has 0 aliphatic carbocycles. The van der Waals surface area contributed by atoms with E-state index in [1.807, 2.05) is 31.2 Å². The number of benzene rings is 2. The number of hydrogen-bond donors (Lipinski definition) is 1. The summed E-state index contributed by atoms with van der Waals surface area (Å²) in [6, 6.07) is 12.3. The summed E-state index contributed by atoms with van der Waals surface area (Å²) in [6.45, 7) is 2.01. The van der Waals surface area contributed by atoms with Gasteiger partial charge in [-0.05, 0) is 43.3 Å². The lowest BCUT2D eigenvalue weighted by molar-refractivity contribution is 0.464. The molecule has 0 aliphatic rings. The van der Waals surface area contributed by atoms with Crippen LogP contribution < -0.4 is 4.74 Å². The molecule has 15 heavy (non-hydrogen) atoms. The van der Waals surface area contributed by atoms with Crippen molar-refractivity contribution in [1.29, 1.82) is 0 Å². The fraction of sp³-hybridized carbons (Fsp3) is 0.0769. The van der Waals surface area contributed by atoms with Gasteiger partial charge in [-0.1, -0.05) is 17.7 Å². The van der Waals surface area contributed by atoms with E-state index in [0.717, 1.165) is 5.75 Å². The molecule has 0 aliphatic heterocycles. The molecule has 2 nitrogen and oxygen atoms in total. The molecule has 1 N–H and O–H groups in total. The van der Waals surface area contributed by atoms with Crippen molar-refractivity contribution in [2.45, 2.75) is 6.92 Å². The Morgan fingerprint density at radius 2 is 1.60 bits per heavy atom. The van der Waals surface area contributed by atoms with E-state index in [0.29, 0.717) is 5.75 Å². The third-order valence-corrected chi connectivity index (χ3v) is 2.02. The maximum Gasteiger partial charge on any atom is 0.127 e. The Bertz CT molecular complexity index is 492. The van der Waals surface area contributed by atoms with Gasteiger partial charge in [-0.3, -0.25) is 0 Å². The van der Waals surface area contributed by atoms with Crippen molar-refractivity contribution >= 4 is 0 Å². The van der Waals surface area contributed by atoms with E-state index >= 15 is 0 Å². The molecular weight excluding hydrogens is 188 g/mol. The predicted molar refractivity (Wildman–Crippen MR) is 59.4 cm³/mol. The minimum Gasteiger partial charge on any atom is -0.508 e. The molecule has 0 aromatic heterocycles. The van der Waals surface area contributed by atoms with E-state index in [4.69, 9.17) is 6.11 Å². The van der Waals surface area contributed by atoms with Gasteiger partial charge in [-0.15, -0.1) is 0 Å². The second kappa shape index (κ2) is 4.05. The maximum absolute atomic E-state index is 9.20. The number of hydrogen-bond acceptors (Lipinski definition) is 2. The van der Waals surface area contributed by atoms with Crippen LogP contribution in [-0.2, 0) is 0 Å². The van der Waals surface area contributed by atoms with Gasteiger partial charge in [0.1, 0.15) is 17.2 Å². The summed E-state index contributed by atoms with van der Waals surface area (Å²) in [6.07, 6.45) is 0. The molecule has 2 aromatic rings. The first-order valence-electron chi connectivity index (χ1n) is 5.19. The van der Waals surface area contributed by atoms with E-state index in [1.165, 1.54) is 17.7 Å². The number of phenols is 1. The number of aromatic hydroxyl groups is 1. The Balaban J connectivity index is 2.20. The molecule has 0 spiro atoms. The van der Waals surface area contributed by atoms with Gasteiger partial charge in [0.25, 0.3) is 0 Å². The number of aryl methyl sites for hydroxylation is 1. The zero-order valence-corrected chi connectivity index (χ0v) is 8.40. The molecule has 2 rings (SSSR count). The third-order valence-electron chi connectivity index (χ3n) is 2.02. The Labute approximate surface area is 90.2 Å². The lowest BCUT2D eigenvalue weighted by atomic mass is 10.2. The van der Waals surface area contributed by atoms with Gasteiger partial charge >= 0.3 is 0 Å². The number of phenolic OH excluding ortho intramolecular Hbond substituents is 1. The summed E-state index contributed by atoms with van der Waals surface area (Å²) in [4.78, 5) is 0. The zero-order valence-electron chi connectivity index (χ0n) is 9.40. The fourth-order valence-electron chi connectivity index (χ4n) is 1.21. The van der Waals surface area contributed by atoms with Crippen LogP contribution in [0.15, 0.2) is 48.5 Å². The predicted octanol–water partition coefficient (Wildman–Crippen LogP) is 3.49. The molecule has 0 atom stereocenters. The molecular formula is C13H12O2. The van der Waals surface area contributed by atoms with Gasteiger partial charge in [0.15, 0.2) is 0 Å². The Hall–Kier alpha value is -1.96. The average Bonchev–Trinajstić information content (AvgIpc) is 2.27. The van der Waals surface area contributed by atoms with Crippen LogP contribution in [0, 0.1) is 6.92 Å². The highest BCUT2D eigenvalue weighted by atomic mass is 16.5. The molecule has 0 unspecified atom stereocenters. The molecule has 0 fully saturated rings. The molecule has 0 saturated heterocycles. The topological polar surface area (TPSA) is 29.5 Å². The minimum absolute atomic E-state index is 0.0451. The Kier molecular flexibility index (Phi) is 2.26. The summed E-state index contributed by atoms with van der Waals surface area (Å²) in [5.74, 6) is 1.22. The van der Waals surface area contributed by atoms with E-state index in [-0.39, 0.29) is 11.8 Å². The van der Waals surface area contributed by atoms with Gasteiger partial charge in [0, 0.05) is 0 Å². The lowest BCUT2D eigenvalue weighted by Gasteiger charge is -2.05. The fourth-order valence-corrected chi connectivity index (χ4v) is 1.21.